The molecule has 182 valence electrons. The largest absolute Gasteiger partial charge is 0.447 e. The SMILES string of the molecule is CC(C)OC(N)=O.CCNS(=O)c1cc(N=C(N)N)ccc1-c1cnc(C2CCCCC2)s1. The monoisotopic (exact) mass is 494 g/mol. The van der Waals surface area contributed by atoms with E-state index in [0.717, 1.165) is 10.4 Å². The van der Waals surface area contributed by atoms with Gasteiger partial charge >= 0.3 is 6.09 Å². The minimum absolute atomic E-state index is 0.0182. The van der Waals surface area contributed by atoms with Crippen molar-refractivity contribution in [2.75, 3.05) is 6.54 Å². The lowest BCUT2D eigenvalue weighted by Crippen LogP contribution is -2.22. The third-order valence-corrected chi connectivity index (χ3v) is 7.28. The summed E-state index contributed by atoms with van der Waals surface area (Å²) in [5.41, 5.74) is 17.1. The van der Waals surface area contributed by atoms with Gasteiger partial charge in [-0.15, -0.1) is 11.3 Å². The zero-order chi connectivity index (χ0) is 24.4. The molecule has 1 fully saturated rings. The van der Waals surface area contributed by atoms with Crippen LogP contribution in [0.1, 0.15) is 63.8 Å². The average Bonchev–Trinajstić information content (AvgIpc) is 3.24. The number of ether oxygens (including phenoxy) is 1. The summed E-state index contributed by atoms with van der Waals surface area (Å²) < 4.78 is 20.0. The second kappa shape index (κ2) is 13.3. The Morgan fingerprint density at radius 2 is 1.97 bits per heavy atom. The molecule has 7 N–H and O–H groups in total. The van der Waals surface area contributed by atoms with Crippen molar-refractivity contribution in [2.45, 2.75) is 69.8 Å². The van der Waals surface area contributed by atoms with E-state index in [0.29, 0.717) is 23.0 Å². The predicted molar refractivity (Wildman–Crippen MR) is 135 cm³/mol. The molecular formula is C22H34N6O3S2. The summed E-state index contributed by atoms with van der Waals surface area (Å²) >= 11 is 1.70. The van der Waals surface area contributed by atoms with Crippen LogP contribution in [0.3, 0.4) is 0 Å². The Labute approximate surface area is 201 Å². The maximum Gasteiger partial charge on any atom is 0.404 e. The van der Waals surface area contributed by atoms with Crippen molar-refractivity contribution in [3.8, 4) is 10.4 Å². The molecule has 2 aromatic rings. The van der Waals surface area contributed by atoms with Crippen LogP contribution in [0, 0.1) is 0 Å². The van der Waals surface area contributed by atoms with E-state index in [1.165, 1.54) is 37.1 Å². The van der Waals surface area contributed by atoms with E-state index in [9.17, 15) is 9.00 Å². The summed E-state index contributed by atoms with van der Waals surface area (Å²) in [5, 5.41) is 1.19. The minimum Gasteiger partial charge on any atom is -0.447 e. The van der Waals surface area contributed by atoms with Crippen molar-refractivity contribution >= 4 is 40.1 Å². The maximum absolute atomic E-state index is 12.7. The number of nitrogens with two attached hydrogens (primary N) is 3. The number of amides is 1. The average molecular weight is 495 g/mol. The van der Waals surface area contributed by atoms with Crippen LogP contribution in [0.25, 0.3) is 10.4 Å². The molecule has 1 amide bonds. The van der Waals surface area contributed by atoms with Gasteiger partial charge in [0.25, 0.3) is 0 Å². The van der Waals surface area contributed by atoms with Crippen LogP contribution in [0.2, 0.25) is 0 Å². The summed E-state index contributed by atoms with van der Waals surface area (Å²) in [6.45, 7) is 6.01. The van der Waals surface area contributed by atoms with Crippen LogP contribution in [0.4, 0.5) is 10.5 Å². The van der Waals surface area contributed by atoms with Crippen molar-refractivity contribution in [3.63, 3.8) is 0 Å². The van der Waals surface area contributed by atoms with Crippen molar-refractivity contribution in [1.82, 2.24) is 9.71 Å². The molecule has 9 nitrogen and oxygen atoms in total. The van der Waals surface area contributed by atoms with Gasteiger partial charge in [-0.2, -0.15) is 0 Å². The van der Waals surface area contributed by atoms with Gasteiger partial charge in [0.1, 0.15) is 11.0 Å². The summed E-state index contributed by atoms with van der Waals surface area (Å²) in [6, 6.07) is 5.53. The molecule has 0 radical (unpaired) electrons. The Balaban J connectivity index is 0.000000479. The number of nitrogens with zero attached hydrogens (tertiary/aromatic N) is 2. The maximum atomic E-state index is 12.7. The van der Waals surface area contributed by atoms with Gasteiger partial charge in [0.05, 0.1) is 26.6 Å². The van der Waals surface area contributed by atoms with Crippen LogP contribution < -0.4 is 21.9 Å². The second-order valence-electron chi connectivity index (χ2n) is 7.87. The quantitative estimate of drug-likeness (QED) is 0.337. The van der Waals surface area contributed by atoms with Crippen molar-refractivity contribution in [2.24, 2.45) is 22.2 Å². The first-order valence-electron chi connectivity index (χ1n) is 11.0. The van der Waals surface area contributed by atoms with Crippen molar-refractivity contribution in [3.05, 3.63) is 29.4 Å². The fraction of sp³-hybridized carbons (Fsp3) is 0.500. The molecule has 3 rings (SSSR count). The zero-order valence-corrected chi connectivity index (χ0v) is 21.0. The Bertz CT molecular complexity index is 967. The molecule has 11 heteroatoms. The number of nitrogens with one attached hydrogen (secondary N) is 1. The third kappa shape index (κ3) is 8.75. The molecule has 1 heterocycles. The molecule has 0 bridgehead atoms. The Hall–Kier alpha value is -2.50. The lowest BCUT2D eigenvalue weighted by Gasteiger charge is -2.18. The fourth-order valence-corrected chi connectivity index (χ4v) is 5.69. The van der Waals surface area contributed by atoms with E-state index >= 15 is 0 Å². The number of rotatable bonds is 7. The van der Waals surface area contributed by atoms with Gasteiger partial charge in [-0.25, -0.2) is 23.7 Å². The highest BCUT2D eigenvalue weighted by molar-refractivity contribution is 7.83. The lowest BCUT2D eigenvalue weighted by atomic mass is 9.90. The molecule has 1 aliphatic rings. The highest BCUT2D eigenvalue weighted by atomic mass is 32.2. The molecule has 1 saturated carbocycles. The summed E-state index contributed by atoms with van der Waals surface area (Å²) in [6.07, 6.45) is 7.40. The van der Waals surface area contributed by atoms with Crippen LogP contribution in [0.5, 0.6) is 0 Å². The molecule has 0 saturated heterocycles. The molecular weight excluding hydrogens is 460 g/mol. The first kappa shape index (κ1) is 26.7. The van der Waals surface area contributed by atoms with Crippen molar-refractivity contribution < 1.29 is 13.7 Å². The number of thiazole rings is 1. The highest BCUT2D eigenvalue weighted by Crippen LogP contribution is 2.39. The van der Waals surface area contributed by atoms with E-state index in [-0.39, 0.29) is 12.1 Å². The standard InChI is InChI=1S/C18H25N5OS2.C4H9NO2/c1-2-22-26(24)16-10-13(23-18(19)20)8-9-14(16)15-11-21-17(25-15)12-6-4-3-5-7-12;1-3(2)7-4(5)6/h8-12,22H,2-7H2,1H3,(H4,19,20,23);3H,1-2H3,(H2,5,6). The first-order valence-corrected chi connectivity index (χ1v) is 13.0. The second-order valence-corrected chi connectivity index (χ2v) is 10.2. The van der Waals surface area contributed by atoms with E-state index in [2.05, 4.69) is 25.2 Å². The Kier molecular flexibility index (Phi) is 10.8. The molecule has 1 aromatic carbocycles. The van der Waals surface area contributed by atoms with Crippen molar-refractivity contribution in [1.29, 1.82) is 0 Å². The van der Waals surface area contributed by atoms with E-state index in [4.69, 9.17) is 11.5 Å². The molecule has 1 aliphatic carbocycles. The number of hydrogen-bond donors (Lipinski definition) is 4. The van der Waals surface area contributed by atoms with Gasteiger partial charge < -0.3 is 21.9 Å². The number of benzene rings is 1. The van der Waals surface area contributed by atoms with Crippen LogP contribution in [-0.2, 0) is 15.7 Å². The molecule has 1 aromatic heterocycles. The number of aromatic nitrogens is 1. The number of guanidine groups is 1. The van der Waals surface area contributed by atoms with E-state index in [1.54, 1.807) is 31.3 Å². The normalized spacial score (nSPS) is 14.8. The summed E-state index contributed by atoms with van der Waals surface area (Å²) in [7, 11) is -1.34. The van der Waals surface area contributed by atoms with Gasteiger partial charge in [0.15, 0.2) is 5.96 Å². The van der Waals surface area contributed by atoms with E-state index in [1.807, 2.05) is 25.3 Å². The number of primary amides is 1. The minimum atomic E-state index is -1.34. The first-order chi connectivity index (χ1) is 15.7. The van der Waals surface area contributed by atoms with Crippen LogP contribution >= 0.6 is 11.3 Å². The molecule has 1 atom stereocenters. The summed E-state index contributed by atoms with van der Waals surface area (Å²) in [4.78, 5) is 20.3. The smallest absolute Gasteiger partial charge is 0.404 e. The highest BCUT2D eigenvalue weighted by Gasteiger charge is 2.21. The fourth-order valence-electron chi connectivity index (χ4n) is 3.48. The Morgan fingerprint density at radius 1 is 1.27 bits per heavy atom. The predicted octanol–water partition coefficient (Wildman–Crippen LogP) is 3.88. The number of carbonyl (C=O) groups is 1. The zero-order valence-electron chi connectivity index (χ0n) is 19.4. The molecule has 1 unspecified atom stereocenters. The van der Waals surface area contributed by atoms with E-state index < -0.39 is 17.1 Å². The van der Waals surface area contributed by atoms with Gasteiger partial charge in [-0.1, -0.05) is 32.3 Å². The summed E-state index contributed by atoms with van der Waals surface area (Å²) in [5.74, 6) is 0.543. The van der Waals surface area contributed by atoms with Crippen LogP contribution in [-0.4, -0.2) is 33.9 Å². The number of aliphatic imine (C=N–C) groups is 1. The topological polar surface area (TPSA) is 159 Å². The van der Waals surface area contributed by atoms with Gasteiger partial charge in [-0.05, 0) is 38.8 Å². The number of carbonyl (C=O) groups excluding carboxylic acids is 1. The van der Waals surface area contributed by atoms with Gasteiger partial charge in [0.2, 0.25) is 0 Å². The number of hydrogen-bond acceptors (Lipinski definition) is 6. The van der Waals surface area contributed by atoms with Crippen LogP contribution in [0.15, 0.2) is 34.3 Å². The molecule has 33 heavy (non-hydrogen) atoms. The lowest BCUT2D eigenvalue weighted by molar-refractivity contribution is 0.125. The van der Waals surface area contributed by atoms with Gasteiger partial charge in [0, 0.05) is 24.2 Å². The van der Waals surface area contributed by atoms with Gasteiger partial charge in [-0.3, -0.25) is 0 Å². The molecule has 0 spiro atoms. The third-order valence-electron chi connectivity index (χ3n) is 4.79. The molecule has 0 aliphatic heterocycles. The Morgan fingerprint density at radius 3 is 2.52 bits per heavy atom.